The third-order valence-corrected chi connectivity index (χ3v) is 3.90. The Balaban J connectivity index is 0.000000224. The number of nitrogens with one attached hydrogen (secondary N) is 1. The molecule has 24 heavy (non-hydrogen) atoms. The Morgan fingerprint density at radius 1 is 1.25 bits per heavy atom. The van der Waals surface area contributed by atoms with Gasteiger partial charge in [0.15, 0.2) is 0 Å². The van der Waals surface area contributed by atoms with Crippen LogP contribution in [0.15, 0.2) is 36.7 Å². The van der Waals surface area contributed by atoms with Gasteiger partial charge < -0.3 is 15.5 Å². The SMILES string of the molecule is N#Cc1cncc(C2=CC3CNCC3C2)c1.O=C(O)/C=C/C(=O)O. The quantitative estimate of drug-likeness (QED) is 0.715. The van der Waals surface area contributed by atoms with E-state index in [-0.39, 0.29) is 0 Å². The van der Waals surface area contributed by atoms with E-state index in [9.17, 15) is 9.59 Å². The second kappa shape index (κ2) is 8.04. The first-order valence-electron chi connectivity index (χ1n) is 7.40. The van der Waals surface area contributed by atoms with E-state index in [4.69, 9.17) is 15.5 Å². The summed E-state index contributed by atoms with van der Waals surface area (Å²) >= 11 is 0. The van der Waals surface area contributed by atoms with Gasteiger partial charge in [-0.1, -0.05) is 6.08 Å². The summed E-state index contributed by atoms with van der Waals surface area (Å²) < 4.78 is 0. The Bertz CT molecular complexity index is 718. The number of nitrogens with zero attached hydrogens (tertiary/aromatic N) is 2. The van der Waals surface area contributed by atoms with Crippen molar-refractivity contribution < 1.29 is 19.8 Å². The number of hydrogen-bond donors (Lipinski definition) is 3. The Morgan fingerprint density at radius 2 is 1.96 bits per heavy atom. The van der Waals surface area contributed by atoms with Crippen LogP contribution in [0.25, 0.3) is 5.57 Å². The third-order valence-electron chi connectivity index (χ3n) is 3.90. The number of carbonyl (C=O) groups is 2. The lowest BCUT2D eigenvalue weighted by atomic mass is 9.98. The number of aromatic nitrogens is 1. The second-order valence-corrected chi connectivity index (χ2v) is 5.56. The van der Waals surface area contributed by atoms with Crippen LogP contribution in [-0.4, -0.2) is 40.2 Å². The Kier molecular flexibility index (Phi) is 5.82. The van der Waals surface area contributed by atoms with E-state index in [0.29, 0.717) is 23.6 Å². The molecule has 1 aliphatic heterocycles. The summed E-state index contributed by atoms with van der Waals surface area (Å²) in [6.45, 7) is 2.22. The topological polar surface area (TPSA) is 123 Å². The maximum atomic E-state index is 9.55. The van der Waals surface area contributed by atoms with E-state index in [1.54, 1.807) is 6.20 Å². The first-order valence-corrected chi connectivity index (χ1v) is 7.40. The van der Waals surface area contributed by atoms with Crippen LogP contribution >= 0.6 is 0 Å². The van der Waals surface area contributed by atoms with E-state index < -0.39 is 11.9 Å². The molecule has 124 valence electrons. The fraction of sp³-hybridized carbons (Fsp3) is 0.294. The number of fused-ring (bicyclic) bond motifs is 1. The van der Waals surface area contributed by atoms with Crippen LogP contribution in [0.4, 0.5) is 0 Å². The van der Waals surface area contributed by atoms with Gasteiger partial charge in [-0.15, -0.1) is 0 Å². The number of carboxylic acids is 2. The fourth-order valence-electron chi connectivity index (χ4n) is 2.81. The van der Waals surface area contributed by atoms with Gasteiger partial charge in [0.05, 0.1) is 5.56 Å². The minimum Gasteiger partial charge on any atom is -0.478 e. The molecule has 7 nitrogen and oxygen atoms in total. The molecule has 3 rings (SSSR count). The zero-order valence-corrected chi connectivity index (χ0v) is 12.8. The van der Waals surface area contributed by atoms with Crippen molar-refractivity contribution in [2.24, 2.45) is 11.8 Å². The largest absolute Gasteiger partial charge is 0.478 e. The highest BCUT2D eigenvalue weighted by Crippen LogP contribution is 2.37. The van der Waals surface area contributed by atoms with Gasteiger partial charge in [0.2, 0.25) is 0 Å². The van der Waals surface area contributed by atoms with Gasteiger partial charge in [-0.25, -0.2) is 9.59 Å². The maximum Gasteiger partial charge on any atom is 0.328 e. The average molecular weight is 327 g/mol. The molecule has 0 saturated carbocycles. The first kappa shape index (κ1) is 17.4. The molecule has 0 aromatic carbocycles. The molecule has 7 heteroatoms. The van der Waals surface area contributed by atoms with E-state index in [0.717, 1.165) is 31.0 Å². The molecule has 1 aromatic rings. The normalized spacial score (nSPS) is 21.4. The standard InChI is InChI=1S/C13H13N3.C4H4O4/c14-4-9-1-11(6-15-5-9)10-2-12-7-16-8-13(12)3-10;5-3(6)1-2-4(7)8/h1-2,5-6,12-13,16H,3,7-8H2;1-2H,(H,5,6)(H,7,8)/b;2-1+. The van der Waals surface area contributed by atoms with Crippen LogP contribution in [0.2, 0.25) is 0 Å². The van der Waals surface area contributed by atoms with Crippen molar-refractivity contribution in [1.29, 1.82) is 5.26 Å². The molecular formula is C17H17N3O4. The van der Waals surface area contributed by atoms with Crippen molar-refractivity contribution >= 4 is 17.5 Å². The summed E-state index contributed by atoms with van der Waals surface area (Å²) in [5, 5.41) is 27.9. The fourth-order valence-corrected chi connectivity index (χ4v) is 2.81. The number of pyridine rings is 1. The summed E-state index contributed by atoms with van der Waals surface area (Å²) in [6, 6.07) is 4.08. The molecule has 2 aliphatic rings. The first-order chi connectivity index (χ1) is 11.5. The van der Waals surface area contributed by atoms with Gasteiger partial charge in [-0.2, -0.15) is 5.26 Å². The summed E-state index contributed by atoms with van der Waals surface area (Å²) in [5.74, 6) is -1.08. The molecule has 1 aliphatic carbocycles. The molecular weight excluding hydrogens is 310 g/mol. The lowest BCUT2D eigenvalue weighted by molar-refractivity contribution is -0.134. The average Bonchev–Trinajstić information content (AvgIpc) is 3.15. The van der Waals surface area contributed by atoms with Crippen LogP contribution in [0, 0.1) is 23.2 Å². The van der Waals surface area contributed by atoms with Crippen LogP contribution in [0.1, 0.15) is 17.5 Å². The van der Waals surface area contributed by atoms with Crippen molar-refractivity contribution in [3.05, 3.63) is 47.8 Å². The second-order valence-electron chi connectivity index (χ2n) is 5.56. The summed E-state index contributed by atoms with van der Waals surface area (Å²) in [5.41, 5.74) is 3.13. The third kappa shape index (κ3) is 4.76. The lowest BCUT2D eigenvalue weighted by Crippen LogP contribution is -2.09. The van der Waals surface area contributed by atoms with Gasteiger partial charge in [0.1, 0.15) is 6.07 Å². The van der Waals surface area contributed by atoms with Crippen molar-refractivity contribution in [3.63, 3.8) is 0 Å². The van der Waals surface area contributed by atoms with Crippen LogP contribution in [-0.2, 0) is 9.59 Å². The number of nitriles is 1. The van der Waals surface area contributed by atoms with Crippen molar-refractivity contribution in [1.82, 2.24) is 10.3 Å². The minimum atomic E-state index is -1.26. The van der Waals surface area contributed by atoms with E-state index >= 15 is 0 Å². The van der Waals surface area contributed by atoms with Crippen molar-refractivity contribution in [2.45, 2.75) is 6.42 Å². The molecule has 2 atom stereocenters. The predicted molar refractivity (Wildman–Crippen MR) is 85.8 cm³/mol. The molecule has 0 bridgehead atoms. The zero-order valence-electron chi connectivity index (χ0n) is 12.8. The molecule has 0 radical (unpaired) electrons. The smallest absolute Gasteiger partial charge is 0.328 e. The monoisotopic (exact) mass is 327 g/mol. The molecule has 2 unspecified atom stereocenters. The van der Waals surface area contributed by atoms with Crippen LogP contribution < -0.4 is 5.32 Å². The summed E-state index contributed by atoms with van der Waals surface area (Å²) in [4.78, 5) is 23.2. The highest BCUT2D eigenvalue weighted by molar-refractivity contribution is 5.89. The van der Waals surface area contributed by atoms with Gasteiger partial charge in [0, 0.05) is 31.1 Å². The number of carboxylic acid groups (broad SMARTS) is 2. The van der Waals surface area contributed by atoms with Gasteiger partial charge in [-0.05, 0) is 42.0 Å². The van der Waals surface area contributed by atoms with E-state index in [1.807, 2.05) is 12.3 Å². The summed E-state index contributed by atoms with van der Waals surface area (Å²) in [6.07, 6.45) is 8.06. The van der Waals surface area contributed by atoms with Crippen LogP contribution in [0.5, 0.6) is 0 Å². The number of rotatable bonds is 3. The highest BCUT2D eigenvalue weighted by atomic mass is 16.4. The molecule has 1 fully saturated rings. The number of hydrogen-bond acceptors (Lipinski definition) is 5. The molecule has 0 spiro atoms. The van der Waals surface area contributed by atoms with Gasteiger partial charge in [-0.3, -0.25) is 4.98 Å². The molecule has 0 amide bonds. The summed E-state index contributed by atoms with van der Waals surface area (Å²) in [7, 11) is 0. The molecule has 1 aromatic heterocycles. The predicted octanol–water partition coefficient (Wildman–Crippen LogP) is 1.29. The van der Waals surface area contributed by atoms with E-state index in [2.05, 4.69) is 22.4 Å². The Morgan fingerprint density at radius 3 is 2.54 bits per heavy atom. The minimum absolute atomic E-state index is 0.558. The van der Waals surface area contributed by atoms with Crippen LogP contribution in [0.3, 0.4) is 0 Å². The van der Waals surface area contributed by atoms with Gasteiger partial charge in [0.25, 0.3) is 0 Å². The Hall–Kier alpha value is -2.98. The van der Waals surface area contributed by atoms with Gasteiger partial charge >= 0.3 is 11.9 Å². The molecule has 3 N–H and O–H groups in total. The number of aliphatic carboxylic acids is 2. The zero-order chi connectivity index (χ0) is 17.5. The molecule has 2 heterocycles. The van der Waals surface area contributed by atoms with E-state index in [1.165, 1.54) is 5.57 Å². The highest BCUT2D eigenvalue weighted by Gasteiger charge is 2.31. The van der Waals surface area contributed by atoms with Crippen molar-refractivity contribution in [3.8, 4) is 6.07 Å². The Labute approximate surface area is 138 Å². The molecule has 1 saturated heterocycles. The lowest BCUT2D eigenvalue weighted by Gasteiger charge is -2.06. The number of allylic oxidation sites excluding steroid dienone is 1. The maximum absolute atomic E-state index is 9.55. The van der Waals surface area contributed by atoms with Crippen molar-refractivity contribution in [2.75, 3.05) is 13.1 Å².